The number of benzene rings is 2. The second-order valence-electron chi connectivity index (χ2n) is 6.18. The molecule has 0 bridgehead atoms. The van der Waals surface area contributed by atoms with Crippen LogP contribution in [0.1, 0.15) is 23.6 Å². The first-order valence-electron chi connectivity index (χ1n) is 8.39. The normalized spacial score (nSPS) is 11.0. The number of hydrogen-bond donors (Lipinski definition) is 1. The van der Waals surface area contributed by atoms with E-state index in [9.17, 15) is 8.78 Å². The van der Waals surface area contributed by atoms with Gasteiger partial charge in [0.15, 0.2) is 11.6 Å². The van der Waals surface area contributed by atoms with E-state index in [0.29, 0.717) is 17.1 Å². The Bertz CT molecular complexity index is 834. The van der Waals surface area contributed by atoms with Gasteiger partial charge in [-0.2, -0.15) is 0 Å². The summed E-state index contributed by atoms with van der Waals surface area (Å²) in [4.78, 5) is 7.22. The summed E-state index contributed by atoms with van der Waals surface area (Å²) in [5.41, 5.74) is 4.41. The van der Waals surface area contributed by atoms with Crippen LogP contribution in [-0.2, 0) is 0 Å². The molecule has 0 unspecified atom stereocenters. The van der Waals surface area contributed by atoms with Gasteiger partial charge in [0.1, 0.15) is 0 Å². The van der Waals surface area contributed by atoms with Gasteiger partial charge in [0, 0.05) is 30.2 Å². The molecule has 2 rings (SSSR count). The summed E-state index contributed by atoms with van der Waals surface area (Å²) in [7, 11) is 1.97. The van der Waals surface area contributed by atoms with Crippen LogP contribution in [0.15, 0.2) is 35.3 Å². The predicted octanol–water partition coefficient (Wildman–Crippen LogP) is 5.02. The maximum atomic E-state index is 13.3. The molecule has 0 heterocycles. The van der Waals surface area contributed by atoms with Crippen LogP contribution in [0.2, 0.25) is 0 Å². The Morgan fingerprint density at radius 3 is 2.54 bits per heavy atom. The van der Waals surface area contributed by atoms with Crippen LogP contribution in [-0.4, -0.2) is 36.2 Å². The van der Waals surface area contributed by atoms with Crippen molar-refractivity contribution in [2.45, 2.75) is 20.8 Å². The van der Waals surface area contributed by atoms with Gasteiger partial charge in [0.2, 0.25) is 0 Å². The summed E-state index contributed by atoms with van der Waals surface area (Å²) >= 11 is 5.52. The van der Waals surface area contributed by atoms with Gasteiger partial charge in [-0.05, 0) is 61.7 Å². The molecule has 0 aliphatic heterocycles. The van der Waals surface area contributed by atoms with Gasteiger partial charge < -0.3 is 10.2 Å². The minimum atomic E-state index is -0.882. The SMILES string of the molecule is CCN(C)C=Nc1cc(C)c(C(=S)CNc2ccc(F)c(F)c2)cc1C. The highest BCUT2D eigenvalue weighted by Crippen LogP contribution is 2.24. The zero-order valence-corrected chi connectivity index (χ0v) is 16.3. The van der Waals surface area contributed by atoms with Crippen LogP contribution in [0, 0.1) is 25.5 Å². The smallest absolute Gasteiger partial charge is 0.160 e. The minimum Gasteiger partial charge on any atom is -0.380 e. The summed E-state index contributed by atoms with van der Waals surface area (Å²) < 4.78 is 26.3. The molecule has 0 spiro atoms. The molecule has 0 aliphatic carbocycles. The largest absolute Gasteiger partial charge is 0.380 e. The number of halogens is 2. The van der Waals surface area contributed by atoms with Crippen molar-refractivity contribution in [2.24, 2.45) is 4.99 Å². The van der Waals surface area contributed by atoms with Gasteiger partial charge in [-0.25, -0.2) is 13.8 Å². The monoisotopic (exact) mass is 375 g/mol. The van der Waals surface area contributed by atoms with E-state index in [1.54, 1.807) is 0 Å². The minimum absolute atomic E-state index is 0.363. The van der Waals surface area contributed by atoms with Crippen molar-refractivity contribution in [3.05, 3.63) is 58.7 Å². The molecule has 1 N–H and O–H groups in total. The quantitative estimate of drug-likeness (QED) is 0.319. The first-order chi connectivity index (χ1) is 12.3. The number of nitrogens with one attached hydrogen (secondary N) is 1. The van der Waals surface area contributed by atoms with Crippen molar-refractivity contribution in [1.82, 2.24) is 4.90 Å². The van der Waals surface area contributed by atoms with Crippen LogP contribution >= 0.6 is 12.2 Å². The fourth-order valence-electron chi connectivity index (χ4n) is 2.37. The van der Waals surface area contributed by atoms with Crippen molar-refractivity contribution < 1.29 is 8.78 Å². The van der Waals surface area contributed by atoms with Crippen LogP contribution in [0.3, 0.4) is 0 Å². The Labute approximate surface area is 158 Å². The first-order valence-corrected chi connectivity index (χ1v) is 8.80. The molecule has 0 amide bonds. The molecule has 0 aromatic heterocycles. The number of anilines is 1. The van der Waals surface area contributed by atoms with Crippen molar-refractivity contribution in [1.29, 1.82) is 0 Å². The molecule has 3 nitrogen and oxygen atoms in total. The van der Waals surface area contributed by atoms with Gasteiger partial charge in [0.25, 0.3) is 0 Å². The van der Waals surface area contributed by atoms with E-state index >= 15 is 0 Å². The molecule has 0 fully saturated rings. The molecule has 0 saturated heterocycles. The lowest BCUT2D eigenvalue weighted by molar-refractivity contribution is 0.509. The Morgan fingerprint density at radius 2 is 1.88 bits per heavy atom. The number of thiocarbonyl (C=S) groups is 1. The molecular weight excluding hydrogens is 352 g/mol. The van der Waals surface area contributed by atoms with Gasteiger partial charge in [-0.15, -0.1) is 0 Å². The van der Waals surface area contributed by atoms with E-state index in [-0.39, 0.29) is 0 Å². The highest BCUT2D eigenvalue weighted by molar-refractivity contribution is 7.81. The molecule has 0 radical (unpaired) electrons. The lowest BCUT2D eigenvalue weighted by Crippen LogP contribution is -2.15. The Hall–Kier alpha value is -2.34. The zero-order valence-electron chi connectivity index (χ0n) is 15.4. The predicted molar refractivity (Wildman–Crippen MR) is 109 cm³/mol. The third-order valence-corrected chi connectivity index (χ3v) is 4.47. The lowest BCUT2D eigenvalue weighted by Gasteiger charge is -2.13. The van der Waals surface area contributed by atoms with Crippen molar-refractivity contribution >= 4 is 34.8 Å². The third kappa shape index (κ3) is 5.08. The molecule has 138 valence electrons. The standard InChI is InChI=1S/C20H23F2N3S/c1-5-25(4)12-24-19-9-13(2)16(8-14(19)3)20(26)11-23-15-6-7-17(21)18(22)10-15/h6-10,12,23H,5,11H2,1-4H3. The van der Waals surface area contributed by atoms with E-state index in [1.165, 1.54) is 6.07 Å². The molecular formula is C20H23F2N3S. The van der Waals surface area contributed by atoms with E-state index in [4.69, 9.17) is 12.2 Å². The number of nitrogens with zero attached hydrogens (tertiary/aromatic N) is 2. The van der Waals surface area contributed by atoms with E-state index < -0.39 is 11.6 Å². The third-order valence-electron chi connectivity index (χ3n) is 4.11. The van der Waals surface area contributed by atoms with Crippen molar-refractivity contribution in [2.75, 3.05) is 25.5 Å². The molecule has 6 heteroatoms. The number of aliphatic imine (C=N–C) groups is 1. The Balaban J connectivity index is 2.12. The topological polar surface area (TPSA) is 27.6 Å². The number of rotatable bonds is 7. The number of aryl methyl sites for hydroxylation is 2. The van der Waals surface area contributed by atoms with Crippen molar-refractivity contribution in [3.63, 3.8) is 0 Å². The van der Waals surface area contributed by atoms with Gasteiger partial charge in [0.05, 0.1) is 18.6 Å². The Kier molecular flexibility index (Phi) is 6.80. The molecule has 0 saturated carbocycles. The summed E-state index contributed by atoms with van der Waals surface area (Å²) in [5.74, 6) is -1.75. The molecule has 0 aliphatic rings. The fourth-order valence-corrected chi connectivity index (χ4v) is 2.66. The molecule has 2 aromatic rings. The van der Waals surface area contributed by atoms with Crippen LogP contribution in [0.4, 0.5) is 20.2 Å². The van der Waals surface area contributed by atoms with Crippen LogP contribution in [0.25, 0.3) is 0 Å². The number of hydrogen-bond acceptors (Lipinski definition) is 3. The lowest BCUT2D eigenvalue weighted by atomic mass is 10.0. The molecule has 26 heavy (non-hydrogen) atoms. The molecule has 2 aromatic carbocycles. The van der Waals surface area contributed by atoms with E-state index in [2.05, 4.69) is 17.2 Å². The van der Waals surface area contributed by atoms with E-state index in [1.807, 2.05) is 44.3 Å². The summed E-state index contributed by atoms with van der Waals surface area (Å²) in [6.07, 6.45) is 1.81. The highest BCUT2D eigenvalue weighted by Gasteiger charge is 2.09. The van der Waals surface area contributed by atoms with Crippen LogP contribution in [0.5, 0.6) is 0 Å². The fraction of sp³-hybridized carbons (Fsp3) is 0.300. The average Bonchev–Trinajstić information content (AvgIpc) is 2.62. The Morgan fingerprint density at radius 1 is 1.15 bits per heavy atom. The van der Waals surface area contributed by atoms with E-state index in [0.717, 1.165) is 41.1 Å². The van der Waals surface area contributed by atoms with Gasteiger partial charge in [-0.1, -0.05) is 12.2 Å². The maximum absolute atomic E-state index is 13.3. The highest BCUT2D eigenvalue weighted by atomic mass is 32.1. The first kappa shape index (κ1) is 20.0. The second-order valence-corrected chi connectivity index (χ2v) is 6.67. The summed E-state index contributed by atoms with van der Waals surface area (Å²) in [6, 6.07) is 7.73. The van der Waals surface area contributed by atoms with Crippen LogP contribution < -0.4 is 5.32 Å². The zero-order chi connectivity index (χ0) is 19.3. The molecule has 0 atom stereocenters. The maximum Gasteiger partial charge on any atom is 0.160 e. The summed E-state index contributed by atoms with van der Waals surface area (Å²) in [6.45, 7) is 7.29. The summed E-state index contributed by atoms with van der Waals surface area (Å²) in [5, 5.41) is 3.04. The average molecular weight is 375 g/mol. The van der Waals surface area contributed by atoms with Gasteiger partial charge in [-0.3, -0.25) is 0 Å². The van der Waals surface area contributed by atoms with Crippen molar-refractivity contribution in [3.8, 4) is 0 Å². The second kappa shape index (κ2) is 8.85. The van der Waals surface area contributed by atoms with Gasteiger partial charge >= 0.3 is 0 Å².